The van der Waals surface area contributed by atoms with Crippen LogP contribution in [0.25, 0.3) is 5.69 Å². The first kappa shape index (κ1) is 15.1. The van der Waals surface area contributed by atoms with Gasteiger partial charge in [-0.25, -0.2) is 0 Å². The molecule has 0 spiro atoms. The molecule has 0 aliphatic carbocycles. The van der Waals surface area contributed by atoms with Gasteiger partial charge in [-0.15, -0.1) is 0 Å². The zero-order valence-electron chi connectivity index (χ0n) is 12.2. The summed E-state index contributed by atoms with van der Waals surface area (Å²) in [7, 11) is 0. The second-order valence-electron chi connectivity index (χ2n) is 5.39. The van der Waals surface area contributed by atoms with Crippen LogP contribution in [0.3, 0.4) is 0 Å². The topological polar surface area (TPSA) is 56.1 Å². The maximum Gasteiger partial charge on any atom is 0.292 e. The highest BCUT2D eigenvalue weighted by atomic mass is 35.5. The van der Waals surface area contributed by atoms with E-state index >= 15 is 0 Å². The Morgan fingerprint density at radius 1 is 1.36 bits per heavy atom. The normalized spacial score (nSPS) is 18.1. The SMILES string of the molecule is O=c1c(Cl)c(NC[C@H]2CCCOC2)cnn1-c1ccccc1. The van der Waals surface area contributed by atoms with Crippen LogP contribution in [0, 0.1) is 5.92 Å². The van der Waals surface area contributed by atoms with Gasteiger partial charge in [0.05, 0.1) is 24.2 Å². The lowest BCUT2D eigenvalue weighted by atomic mass is 10.0. The van der Waals surface area contributed by atoms with Crippen molar-refractivity contribution in [2.24, 2.45) is 5.92 Å². The van der Waals surface area contributed by atoms with Crippen molar-refractivity contribution in [1.82, 2.24) is 9.78 Å². The molecule has 0 saturated carbocycles. The Hall–Kier alpha value is -1.85. The molecule has 5 nitrogen and oxygen atoms in total. The van der Waals surface area contributed by atoms with Crippen LogP contribution in [-0.2, 0) is 4.74 Å². The van der Waals surface area contributed by atoms with Gasteiger partial charge >= 0.3 is 0 Å². The molecule has 0 radical (unpaired) electrons. The summed E-state index contributed by atoms with van der Waals surface area (Å²) in [5, 5.41) is 7.58. The second-order valence-corrected chi connectivity index (χ2v) is 5.77. The van der Waals surface area contributed by atoms with E-state index in [-0.39, 0.29) is 10.6 Å². The van der Waals surface area contributed by atoms with Crippen LogP contribution in [0.5, 0.6) is 0 Å². The lowest BCUT2D eigenvalue weighted by Crippen LogP contribution is -2.26. The number of anilines is 1. The van der Waals surface area contributed by atoms with Crippen molar-refractivity contribution >= 4 is 17.3 Å². The van der Waals surface area contributed by atoms with Crippen LogP contribution < -0.4 is 10.9 Å². The molecule has 0 unspecified atom stereocenters. The number of aromatic nitrogens is 2. The van der Waals surface area contributed by atoms with Gasteiger partial charge in [0.1, 0.15) is 5.02 Å². The highest BCUT2D eigenvalue weighted by Gasteiger charge is 2.15. The van der Waals surface area contributed by atoms with E-state index in [9.17, 15) is 4.79 Å². The standard InChI is InChI=1S/C16H18ClN3O2/c17-15-14(18-9-12-5-4-8-22-11-12)10-19-20(16(15)21)13-6-2-1-3-7-13/h1-3,6-7,10,12,18H,4-5,8-9,11H2/t12-/m1/s1. The molecule has 1 N–H and O–H groups in total. The van der Waals surface area contributed by atoms with Crippen molar-refractivity contribution < 1.29 is 4.74 Å². The molecule has 1 fully saturated rings. The monoisotopic (exact) mass is 319 g/mol. The maximum atomic E-state index is 12.3. The van der Waals surface area contributed by atoms with Crippen LogP contribution in [0.15, 0.2) is 41.3 Å². The number of benzene rings is 1. The molecule has 0 amide bonds. The smallest absolute Gasteiger partial charge is 0.292 e. The second kappa shape index (κ2) is 6.94. The fraction of sp³-hybridized carbons (Fsp3) is 0.375. The third kappa shape index (κ3) is 3.31. The number of para-hydroxylation sites is 1. The zero-order chi connectivity index (χ0) is 15.4. The summed E-state index contributed by atoms with van der Waals surface area (Å²) in [6, 6.07) is 9.23. The summed E-state index contributed by atoms with van der Waals surface area (Å²) in [5.41, 5.74) is 0.948. The molecular formula is C16H18ClN3O2. The Morgan fingerprint density at radius 2 is 2.18 bits per heavy atom. The van der Waals surface area contributed by atoms with E-state index in [1.165, 1.54) is 4.68 Å². The first-order valence-electron chi connectivity index (χ1n) is 7.40. The van der Waals surface area contributed by atoms with Gasteiger partial charge < -0.3 is 10.1 Å². The Balaban J connectivity index is 1.76. The van der Waals surface area contributed by atoms with Gasteiger partial charge in [0, 0.05) is 13.2 Å². The molecule has 1 aliphatic heterocycles. The number of hydrogen-bond donors (Lipinski definition) is 1. The first-order valence-corrected chi connectivity index (χ1v) is 7.78. The van der Waals surface area contributed by atoms with Gasteiger partial charge in [0.15, 0.2) is 0 Å². The van der Waals surface area contributed by atoms with Crippen LogP contribution in [0.1, 0.15) is 12.8 Å². The number of hydrogen-bond acceptors (Lipinski definition) is 4. The fourth-order valence-electron chi connectivity index (χ4n) is 2.53. The molecular weight excluding hydrogens is 302 g/mol. The molecule has 2 heterocycles. The number of nitrogens with zero attached hydrogens (tertiary/aromatic N) is 2. The predicted octanol–water partition coefficient (Wildman–Crippen LogP) is 2.72. The van der Waals surface area contributed by atoms with Gasteiger partial charge in [-0.05, 0) is 30.9 Å². The largest absolute Gasteiger partial charge is 0.382 e. The Morgan fingerprint density at radius 3 is 2.91 bits per heavy atom. The van der Waals surface area contributed by atoms with Crippen molar-refractivity contribution in [3.05, 3.63) is 51.9 Å². The molecule has 0 bridgehead atoms. The van der Waals surface area contributed by atoms with E-state index in [1.54, 1.807) is 6.20 Å². The average Bonchev–Trinajstić information content (AvgIpc) is 2.58. The summed E-state index contributed by atoms with van der Waals surface area (Å²) in [4.78, 5) is 12.3. The van der Waals surface area contributed by atoms with Crippen molar-refractivity contribution in [3.8, 4) is 5.69 Å². The molecule has 1 aliphatic rings. The van der Waals surface area contributed by atoms with Gasteiger partial charge in [-0.3, -0.25) is 4.79 Å². The van der Waals surface area contributed by atoms with Gasteiger partial charge in [0.25, 0.3) is 5.56 Å². The maximum absolute atomic E-state index is 12.3. The highest BCUT2D eigenvalue weighted by Crippen LogP contribution is 2.19. The summed E-state index contributed by atoms with van der Waals surface area (Å²) >= 11 is 6.20. The molecule has 2 aromatic rings. The summed E-state index contributed by atoms with van der Waals surface area (Å²) in [5.74, 6) is 0.446. The van der Waals surface area contributed by atoms with Crippen molar-refractivity contribution in [3.63, 3.8) is 0 Å². The van der Waals surface area contributed by atoms with Crippen molar-refractivity contribution in [1.29, 1.82) is 0 Å². The highest BCUT2D eigenvalue weighted by molar-refractivity contribution is 6.32. The van der Waals surface area contributed by atoms with Crippen LogP contribution in [0.2, 0.25) is 5.02 Å². The molecule has 1 saturated heterocycles. The van der Waals surface area contributed by atoms with E-state index in [4.69, 9.17) is 16.3 Å². The van der Waals surface area contributed by atoms with E-state index in [0.717, 1.165) is 32.6 Å². The van der Waals surface area contributed by atoms with Gasteiger partial charge in [-0.1, -0.05) is 29.8 Å². The summed E-state index contributed by atoms with van der Waals surface area (Å²) < 4.78 is 6.75. The predicted molar refractivity (Wildman–Crippen MR) is 86.9 cm³/mol. The number of halogens is 1. The average molecular weight is 320 g/mol. The molecule has 1 aromatic carbocycles. The van der Waals surface area contributed by atoms with Gasteiger partial charge in [-0.2, -0.15) is 9.78 Å². The minimum Gasteiger partial charge on any atom is -0.382 e. The third-order valence-electron chi connectivity index (χ3n) is 3.76. The van der Waals surface area contributed by atoms with E-state index in [0.29, 0.717) is 17.3 Å². The number of ether oxygens (including phenoxy) is 1. The van der Waals surface area contributed by atoms with Crippen LogP contribution >= 0.6 is 11.6 Å². The van der Waals surface area contributed by atoms with E-state index in [2.05, 4.69) is 10.4 Å². The molecule has 6 heteroatoms. The Bertz CT molecular complexity index is 682. The lowest BCUT2D eigenvalue weighted by molar-refractivity contribution is 0.0595. The summed E-state index contributed by atoms with van der Waals surface area (Å²) in [6.45, 7) is 2.32. The lowest BCUT2D eigenvalue weighted by Gasteiger charge is -2.22. The third-order valence-corrected chi connectivity index (χ3v) is 4.12. The number of nitrogens with one attached hydrogen (secondary N) is 1. The fourth-order valence-corrected chi connectivity index (χ4v) is 2.73. The van der Waals surface area contributed by atoms with Gasteiger partial charge in [0.2, 0.25) is 0 Å². The zero-order valence-corrected chi connectivity index (χ0v) is 12.9. The minimum atomic E-state index is -0.322. The minimum absolute atomic E-state index is 0.163. The molecule has 22 heavy (non-hydrogen) atoms. The first-order chi connectivity index (χ1) is 10.8. The van der Waals surface area contributed by atoms with E-state index in [1.807, 2.05) is 30.3 Å². The quantitative estimate of drug-likeness (QED) is 0.941. The van der Waals surface area contributed by atoms with Crippen molar-refractivity contribution in [2.45, 2.75) is 12.8 Å². The Kier molecular flexibility index (Phi) is 4.75. The van der Waals surface area contributed by atoms with Crippen LogP contribution in [-0.4, -0.2) is 29.5 Å². The van der Waals surface area contributed by atoms with Crippen LogP contribution in [0.4, 0.5) is 5.69 Å². The van der Waals surface area contributed by atoms with Crippen molar-refractivity contribution in [2.75, 3.05) is 25.1 Å². The summed E-state index contributed by atoms with van der Waals surface area (Å²) in [6.07, 6.45) is 3.80. The molecule has 1 aromatic heterocycles. The molecule has 1 atom stereocenters. The molecule has 3 rings (SSSR count). The number of rotatable bonds is 4. The van der Waals surface area contributed by atoms with E-state index < -0.39 is 0 Å². The Labute approximate surface area is 133 Å². The molecule has 116 valence electrons.